The fourth-order valence-corrected chi connectivity index (χ4v) is 3.58. The number of nitrogens with one attached hydrogen (secondary N) is 1. The second-order valence-corrected chi connectivity index (χ2v) is 6.86. The summed E-state index contributed by atoms with van der Waals surface area (Å²) in [6.07, 6.45) is 4.70. The van der Waals surface area contributed by atoms with Crippen LogP contribution in [0, 0.1) is 11.7 Å². The molecule has 0 bridgehead atoms. The van der Waals surface area contributed by atoms with E-state index in [0.29, 0.717) is 24.3 Å². The van der Waals surface area contributed by atoms with Gasteiger partial charge in [0, 0.05) is 37.8 Å². The van der Waals surface area contributed by atoms with E-state index in [0.717, 1.165) is 43.0 Å². The molecule has 1 aliphatic heterocycles. The summed E-state index contributed by atoms with van der Waals surface area (Å²) in [5.74, 6) is 1.06. The van der Waals surface area contributed by atoms with Crippen molar-refractivity contribution in [2.24, 2.45) is 5.92 Å². The Balaban J connectivity index is 1.30. The molecule has 3 heterocycles. The number of hydrogen-bond acceptors (Lipinski definition) is 3. The maximum atomic E-state index is 13.2. The lowest BCUT2D eigenvalue weighted by atomic mass is 10.0. The fraction of sp³-hybridized carbons (Fsp3) is 0.350. The molecule has 1 N–H and O–H groups in total. The number of benzene rings is 1. The van der Waals surface area contributed by atoms with Crippen LogP contribution < -0.4 is 0 Å². The van der Waals surface area contributed by atoms with Crippen LogP contribution in [0.3, 0.4) is 0 Å². The first kappa shape index (κ1) is 16.7. The number of amides is 1. The Morgan fingerprint density at radius 2 is 2.23 bits per heavy atom. The van der Waals surface area contributed by atoms with E-state index in [1.165, 1.54) is 12.1 Å². The third kappa shape index (κ3) is 3.74. The predicted octanol–water partition coefficient (Wildman–Crippen LogP) is 3.12. The van der Waals surface area contributed by atoms with Crippen molar-refractivity contribution >= 4 is 16.9 Å². The van der Waals surface area contributed by atoms with Gasteiger partial charge in [-0.05, 0) is 49.1 Å². The molecule has 2 aromatic heterocycles. The van der Waals surface area contributed by atoms with Crippen LogP contribution >= 0.6 is 0 Å². The number of fused-ring (bicyclic) bond motifs is 1. The summed E-state index contributed by atoms with van der Waals surface area (Å²) in [6.45, 7) is 1.60. The van der Waals surface area contributed by atoms with Crippen molar-refractivity contribution in [2.45, 2.75) is 25.7 Å². The van der Waals surface area contributed by atoms with Gasteiger partial charge in [-0.25, -0.2) is 9.37 Å². The molecule has 5 nitrogen and oxygen atoms in total. The Bertz CT molecular complexity index is 909. The fourth-order valence-electron chi connectivity index (χ4n) is 3.58. The molecule has 1 unspecified atom stereocenters. The van der Waals surface area contributed by atoms with Crippen molar-refractivity contribution in [1.82, 2.24) is 19.9 Å². The van der Waals surface area contributed by atoms with E-state index in [4.69, 9.17) is 0 Å². The van der Waals surface area contributed by atoms with Crippen molar-refractivity contribution in [3.05, 3.63) is 59.9 Å². The quantitative estimate of drug-likeness (QED) is 0.767. The van der Waals surface area contributed by atoms with Gasteiger partial charge in [0.15, 0.2) is 0 Å². The summed E-state index contributed by atoms with van der Waals surface area (Å²) in [6, 6.07) is 10.4. The van der Waals surface area contributed by atoms with Crippen LogP contribution in [-0.4, -0.2) is 38.8 Å². The van der Waals surface area contributed by atoms with Gasteiger partial charge in [-0.2, -0.15) is 0 Å². The van der Waals surface area contributed by atoms with Crippen molar-refractivity contribution in [2.75, 3.05) is 13.1 Å². The number of carbonyl (C=O) groups excluding carboxylic acids is 1. The second kappa shape index (κ2) is 7.23. The number of halogens is 1. The first-order valence-electron chi connectivity index (χ1n) is 8.99. The summed E-state index contributed by atoms with van der Waals surface area (Å²) < 4.78 is 13.2. The molecule has 0 aliphatic carbocycles. The minimum absolute atomic E-state index is 0.153. The number of aromatic amines is 1. The summed E-state index contributed by atoms with van der Waals surface area (Å²) in [5.41, 5.74) is 2.48. The van der Waals surface area contributed by atoms with Gasteiger partial charge >= 0.3 is 0 Å². The Hall–Kier alpha value is -2.76. The van der Waals surface area contributed by atoms with Crippen LogP contribution in [0.5, 0.6) is 0 Å². The van der Waals surface area contributed by atoms with Crippen LogP contribution in [-0.2, 0) is 17.6 Å². The summed E-state index contributed by atoms with van der Waals surface area (Å²) in [5, 5.41) is 0. The van der Waals surface area contributed by atoms with E-state index in [2.05, 4.69) is 15.0 Å². The molecule has 1 fully saturated rings. The zero-order valence-electron chi connectivity index (χ0n) is 14.5. The van der Waals surface area contributed by atoms with Gasteiger partial charge in [0.25, 0.3) is 0 Å². The number of H-pyrrole nitrogens is 1. The highest BCUT2D eigenvalue weighted by Gasteiger charge is 2.26. The van der Waals surface area contributed by atoms with Crippen molar-refractivity contribution in [3.8, 4) is 0 Å². The van der Waals surface area contributed by atoms with E-state index in [1.807, 2.05) is 29.3 Å². The molecule has 4 rings (SSSR count). The molecule has 0 spiro atoms. The van der Waals surface area contributed by atoms with Crippen molar-refractivity contribution in [1.29, 1.82) is 0 Å². The topological polar surface area (TPSA) is 61.9 Å². The normalized spacial score (nSPS) is 17.1. The maximum absolute atomic E-state index is 13.2. The van der Waals surface area contributed by atoms with Gasteiger partial charge in [-0.3, -0.25) is 9.78 Å². The van der Waals surface area contributed by atoms with Gasteiger partial charge in [0.05, 0.1) is 11.0 Å². The molecule has 1 aliphatic rings. The lowest BCUT2D eigenvalue weighted by molar-refractivity contribution is -0.130. The highest BCUT2D eigenvalue weighted by Crippen LogP contribution is 2.21. The molecule has 134 valence electrons. The predicted molar refractivity (Wildman–Crippen MR) is 97.0 cm³/mol. The SMILES string of the molecule is O=C(CCc1nc2ccc(F)cc2[nH]1)N1CCC(Cc2ccccn2)C1. The largest absolute Gasteiger partial charge is 0.342 e. The summed E-state index contributed by atoms with van der Waals surface area (Å²) >= 11 is 0. The molecule has 1 amide bonds. The molecule has 26 heavy (non-hydrogen) atoms. The zero-order valence-corrected chi connectivity index (χ0v) is 14.5. The third-order valence-corrected chi connectivity index (χ3v) is 4.93. The lowest BCUT2D eigenvalue weighted by Gasteiger charge is -2.16. The van der Waals surface area contributed by atoms with Crippen LogP contribution in [0.25, 0.3) is 11.0 Å². The van der Waals surface area contributed by atoms with E-state index in [-0.39, 0.29) is 11.7 Å². The number of rotatable bonds is 5. The van der Waals surface area contributed by atoms with Crippen molar-refractivity contribution in [3.63, 3.8) is 0 Å². The first-order chi connectivity index (χ1) is 12.7. The molecule has 0 saturated carbocycles. The number of pyridine rings is 1. The highest BCUT2D eigenvalue weighted by atomic mass is 19.1. The number of likely N-dealkylation sites (tertiary alicyclic amines) is 1. The lowest BCUT2D eigenvalue weighted by Crippen LogP contribution is -2.29. The maximum Gasteiger partial charge on any atom is 0.223 e. The van der Waals surface area contributed by atoms with Gasteiger partial charge in [0.2, 0.25) is 5.91 Å². The monoisotopic (exact) mass is 352 g/mol. The molecule has 1 saturated heterocycles. The molecule has 3 aromatic rings. The number of imidazole rings is 1. The Kier molecular flexibility index (Phi) is 4.65. The number of hydrogen-bond donors (Lipinski definition) is 1. The molecule has 1 atom stereocenters. The number of nitrogens with zero attached hydrogens (tertiary/aromatic N) is 3. The van der Waals surface area contributed by atoms with E-state index < -0.39 is 0 Å². The average molecular weight is 352 g/mol. The first-order valence-corrected chi connectivity index (χ1v) is 8.99. The van der Waals surface area contributed by atoms with Gasteiger partial charge in [-0.1, -0.05) is 6.07 Å². The highest BCUT2D eigenvalue weighted by molar-refractivity contribution is 5.77. The standard InChI is InChI=1S/C20H21FN4O/c21-15-4-5-17-18(12-15)24-19(23-17)6-7-20(26)25-10-8-14(13-25)11-16-3-1-2-9-22-16/h1-5,9,12,14H,6-8,10-11,13H2,(H,23,24). The smallest absolute Gasteiger partial charge is 0.223 e. The minimum atomic E-state index is -0.292. The Morgan fingerprint density at radius 1 is 1.31 bits per heavy atom. The van der Waals surface area contributed by atoms with E-state index >= 15 is 0 Å². The minimum Gasteiger partial charge on any atom is -0.342 e. The van der Waals surface area contributed by atoms with Crippen LogP contribution in [0.4, 0.5) is 4.39 Å². The average Bonchev–Trinajstić information content (AvgIpc) is 3.27. The second-order valence-electron chi connectivity index (χ2n) is 6.86. The Labute approximate surface area is 151 Å². The van der Waals surface area contributed by atoms with Gasteiger partial charge < -0.3 is 9.88 Å². The van der Waals surface area contributed by atoms with Crippen LogP contribution in [0.1, 0.15) is 24.4 Å². The molecular formula is C20H21FN4O. The summed E-state index contributed by atoms with van der Waals surface area (Å²) in [4.78, 5) is 26.3. The number of carbonyl (C=O) groups is 1. The molecule has 0 radical (unpaired) electrons. The molecule has 6 heteroatoms. The number of aromatic nitrogens is 3. The van der Waals surface area contributed by atoms with E-state index in [9.17, 15) is 9.18 Å². The molecule has 1 aromatic carbocycles. The number of aryl methyl sites for hydroxylation is 1. The Morgan fingerprint density at radius 3 is 3.08 bits per heavy atom. The van der Waals surface area contributed by atoms with Crippen molar-refractivity contribution < 1.29 is 9.18 Å². The van der Waals surface area contributed by atoms with Crippen LogP contribution in [0.2, 0.25) is 0 Å². The summed E-state index contributed by atoms with van der Waals surface area (Å²) in [7, 11) is 0. The zero-order chi connectivity index (χ0) is 17.9. The third-order valence-electron chi connectivity index (χ3n) is 4.93. The van der Waals surface area contributed by atoms with E-state index in [1.54, 1.807) is 6.07 Å². The van der Waals surface area contributed by atoms with Gasteiger partial charge in [-0.15, -0.1) is 0 Å². The van der Waals surface area contributed by atoms with Crippen LogP contribution in [0.15, 0.2) is 42.6 Å². The molecular weight excluding hydrogens is 331 g/mol. The van der Waals surface area contributed by atoms with Gasteiger partial charge in [0.1, 0.15) is 11.6 Å².